The molecule has 0 fully saturated rings. The minimum absolute atomic E-state index is 0.240. The van der Waals surface area contributed by atoms with Gasteiger partial charge in [0.1, 0.15) is 5.82 Å². The number of hydrogen-bond donors (Lipinski definition) is 2. The van der Waals surface area contributed by atoms with Crippen LogP contribution in [0.4, 0.5) is 11.5 Å². The Kier molecular flexibility index (Phi) is 5.26. The van der Waals surface area contributed by atoms with E-state index in [9.17, 15) is 4.79 Å². The molecule has 0 saturated heterocycles. The van der Waals surface area contributed by atoms with Gasteiger partial charge in [0.15, 0.2) is 5.69 Å². The molecule has 0 aliphatic rings. The van der Waals surface area contributed by atoms with Crippen LogP contribution in [0.2, 0.25) is 5.02 Å². The number of halogens is 1. The van der Waals surface area contributed by atoms with Crippen LogP contribution < -0.4 is 10.6 Å². The van der Waals surface area contributed by atoms with Gasteiger partial charge >= 0.3 is 0 Å². The van der Waals surface area contributed by atoms with Gasteiger partial charge in [-0.25, -0.2) is 0 Å². The van der Waals surface area contributed by atoms with Crippen LogP contribution in [-0.4, -0.2) is 16.1 Å². The maximum Gasteiger partial charge on any atom is 0.276 e. The summed E-state index contributed by atoms with van der Waals surface area (Å²) in [7, 11) is 0. The van der Waals surface area contributed by atoms with Crippen LogP contribution >= 0.6 is 11.6 Å². The molecule has 2 aromatic carbocycles. The van der Waals surface area contributed by atoms with Gasteiger partial charge < -0.3 is 10.6 Å². The van der Waals surface area contributed by atoms with Crippen molar-refractivity contribution in [3.63, 3.8) is 0 Å². The zero-order valence-electron chi connectivity index (χ0n) is 13.7. The molecule has 0 bridgehead atoms. The Bertz CT molecular complexity index is 866. The number of carbonyl (C=O) groups excluding carboxylic acids is 1. The SMILES string of the molecule is Cc1ccc(Cl)cc1NC(=O)c1ccc(NCc2ccccc2)nn1. The highest BCUT2D eigenvalue weighted by Crippen LogP contribution is 2.20. The third-order valence-electron chi connectivity index (χ3n) is 3.66. The fraction of sp³-hybridized carbons (Fsp3) is 0.105. The second kappa shape index (κ2) is 7.77. The van der Waals surface area contributed by atoms with E-state index in [2.05, 4.69) is 20.8 Å². The van der Waals surface area contributed by atoms with Crippen molar-refractivity contribution in [1.82, 2.24) is 10.2 Å². The average Bonchev–Trinajstić information content (AvgIpc) is 2.64. The summed E-state index contributed by atoms with van der Waals surface area (Å²) >= 11 is 5.96. The predicted molar refractivity (Wildman–Crippen MR) is 99.9 cm³/mol. The van der Waals surface area contributed by atoms with Gasteiger partial charge in [-0.2, -0.15) is 0 Å². The fourth-order valence-electron chi connectivity index (χ4n) is 2.25. The lowest BCUT2D eigenvalue weighted by molar-refractivity contribution is 0.102. The van der Waals surface area contributed by atoms with Crippen LogP contribution in [0.1, 0.15) is 21.6 Å². The number of nitrogens with zero attached hydrogens (tertiary/aromatic N) is 2. The van der Waals surface area contributed by atoms with Crippen LogP contribution in [-0.2, 0) is 6.54 Å². The van der Waals surface area contributed by atoms with E-state index < -0.39 is 0 Å². The largest absolute Gasteiger partial charge is 0.365 e. The number of hydrogen-bond acceptors (Lipinski definition) is 4. The lowest BCUT2D eigenvalue weighted by Gasteiger charge is -2.09. The molecule has 2 N–H and O–H groups in total. The van der Waals surface area contributed by atoms with Crippen LogP contribution in [0, 0.1) is 6.92 Å². The first-order valence-electron chi connectivity index (χ1n) is 7.81. The monoisotopic (exact) mass is 352 g/mol. The molecule has 3 aromatic rings. The van der Waals surface area contributed by atoms with Crippen molar-refractivity contribution in [1.29, 1.82) is 0 Å². The molecule has 0 spiro atoms. The van der Waals surface area contributed by atoms with Crippen molar-refractivity contribution in [3.05, 3.63) is 82.5 Å². The van der Waals surface area contributed by atoms with Gasteiger partial charge in [-0.05, 0) is 42.3 Å². The fourth-order valence-corrected chi connectivity index (χ4v) is 2.42. The van der Waals surface area contributed by atoms with Gasteiger partial charge in [0.2, 0.25) is 0 Å². The second-order valence-corrected chi connectivity index (χ2v) is 5.99. The van der Waals surface area contributed by atoms with Crippen LogP contribution in [0.3, 0.4) is 0 Å². The van der Waals surface area contributed by atoms with Crippen molar-refractivity contribution in [3.8, 4) is 0 Å². The lowest BCUT2D eigenvalue weighted by Crippen LogP contribution is -2.15. The zero-order chi connectivity index (χ0) is 17.6. The average molecular weight is 353 g/mol. The first kappa shape index (κ1) is 16.9. The third-order valence-corrected chi connectivity index (χ3v) is 3.90. The summed E-state index contributed by atoms with van der Waals surface area (Å²) in [6.45, 7) is 2.54. The Morgan fingerprint density at radius 2 is 1.84 bits per heavy atom. The van der Waals surface area contributed by atoms with Crippen LogP contribution in [0.5, 0.6) is 0 Å². The van der Waals surface area contributed by atoms with Gasteiger partial charge in [-0.1, -0.05) is 48.0 Å². The van der Waals surface area contributed by atoms with Gasteiger partial charge in [-0.15, -0.1) is 10.2 Å². The highest BCUT2D eigenvalue weighted by atomic mass is 35.5. The van der Waals surface area contributed by atoms with Gasteiger partial charge in [-0.3, -0.25) is 4.79 Å². The van der Waals surface area contributed by atoms with Gasteiger partial charge in [0.05, 0.1) is 0 Å². The molecule has 1 aromatic heterocycles. The summed E-state index contributed by atoms with van der Waals surface area (Å²) in [4.78, 5) is 12.3. The molecule has 5 nitrogen and oxygen atoms in total. The van der Waals surface area contributed by atoms with E-state index in [1.807, 2.05) is 43.3 Å². The Hall–Kier alpha value is -2.92. The van der Waals surface area contributed by atoms with Gasteiger partial charge in [0, 0.05) is 17.3 Å². The topological polar surface area (TPSA) is 66.9 Å². The maximum absolute atomic E-state index is 12.3. The molecule has 0 radical (unpaired) electrons. The first-order chi connectivity index (χ1) is 12.1. The Balaban J connectivity index is 1.63. The summed E-state index contributed by atoms with van der Waals surface area (Å²) in [5.74, 6) is 0.284. The molecular formula is C19H17ClN4O. The molecule has 25 heavy (non-hydrogen) atoms. The highest BCUT2D eigenvalue weighted by molar-refractivity contribution is 6.31. The summed E-state index contributed by atoms with van der Waals surface area (Å²) in [6.07, 6.45) is 0. The summed E-state index contributed by atoms with van der Waals surface area (Å²) in [5.41, 5.74) is 2.96. The molecule has 1 heterocycles. The standard InChI is InChI=1S/C19H17ClN4O/c1-13-7-8-15(20)11-17(13)22-19(25)16-9-10-18(24-23-16)21-12-14-5-3-2-4-6-14/h2-11H,12H2,1H3,(H,21,24)(H,22,25). The Morgan fingerprint density at radius 1 is 1.04 bits per heavy atom. The molecule has 0 aliphatic carbocycles. The number of nitrogens with one attached hydrogen (secondary N) is 2. The molecule has 126 valence electrons. The highest BCUT2D eigenvalue weighted by Gasteiger charge is 2.10. The van der Waals surface area contributed by atoms with Crippen LogP contribution in [0.25, 0.3) is 0 Å². The quantitative estimate of drug-likeness (QED) is 0.718. The Labute approximate surface area is 151 Å². The summed E-state index contributed by atoms with van der Waals surface area (Å²) in [6, 6.07) is 18.7. The second-order valence-electron chi connectivity index (χ2n) is 5.56. The zero-order valence-corrected chi connectivity index (χ0v) is 14.4. The van der Waals surface area contributed by atoms with E-state index in [-0.39, 0.29) is 11.6 Å². The number of carbonyl (C=O) groups is 1. The molecule has 0 atom stereocenters. The number of rotatable bonds is 5. The smallest absolute Gasteiger partial charge is 0.276 e. The van der Waals surface area contributed by atoms with Crippen molar-refractivity contribution >= 4 is 29.0 Å². The molecule has 0 unspecified atom stereocenters. The summed E-state index contributed by atoms with van der Waals surface area (Å²) < 4.78 is 0. The molecule has 6 heteroatoms. The van der Waals surface area contributed by atoms with E-state index in [4.69, 9.17) is 11.6 Å². The number of amides is 1. The number of aromatic nitrogens is 2. The number of aryl methyl sites for hydroxylation is 1. The van der Waals surface area contributed by atoms with E-state index in [1.54, 1.807) is 24.3 Å². The van der Waals surface area contributed by atoms with E-state index in [1.165, 1.54) is 0 Å². The lowest BCUT2D eigenvalue weighted by atomic mass is 10.2. The minimum Gasteiger partial charge on any atom is -0.365 e. The van der Waals surface area contributed by atoms with E-state index in [0.717, 1.165) is 11.1 Å². The molecule has 0 saturated carbocycles. The summed E-state index contributed by atoms with van der Waals surface area (Å²) in [5, 5.41) is 14.6. The predicted octanol–water partition coefficient (Wildman–Crippen LogP) is 4.30. The maximum atomic E-state index is 12.3. The van der Waals surface area contributed by atoms with E-state index in [0.29, 0.717) is 23.1 Å². The van der Waals surface area contributed by atoms with Crippen molar-refractivity contribution < 1.29 is 4.79 Å². The van der Waals surface area contributed by atoms with E-state index >= 15 is 0 Å². The minimum atomic E-state index is -0.326. The molecule has 0 aliphatic heterocycles. The van der Waals surface area contributed by atoms with Gasteiger partial charge in [0.25, 0.3) is 5.91 Å². The first-order valence-corrected chi connectivity index (χ1v) is 8.18. The van der Waals surface area contributed by atoms with Crippen molar-refractivity contribution in [2.24, 2.45) is 0 Å². The molecule has 1 amide bonds. The molecular weight excluding hydrogens is 336 g/mol. The molecule has 3 rings (SSSR count). The third kappa shape index (κ3) is 4.55. The van der Waals surface area contributed by atoms with Crippen LogP contribution in [0.15, 0.2) is 60.7 Å². The van der Waals surface area contributed by atoms with Crippen molar-refractivity contribution in [2.45, 2.75) is 13.5 Å². The number of benzene rings is 2. The normalized spacial score (nSPS) is 10.3. The number of anilines is 2. The van der Waals surface area contributed by atoms with Crippen molar-refractivity contribution in [2.75, 3.05) is 10.6 Å². The Morgan fingerprint density at radius 3 is 2.56 bits per heavy atom.